The van der Waals surface area contributed by atoms with Gasteiger partial charge in [-0.25, -0.2) is 0 Å². The molecular weight excluding hydrogens is 396 g/mol. The summed E-state index contributed by atoms with van der Waals surface area (Å²) in [5.41, 5.74) is 0.855. The molecule has 5 heteroatoms. The molecule has 2 aromatic rings. The van der Waals surface area contributed by atoms with Crippen molar-refractivity contribution < 1.29 is 26.3 Å². The fourth-order valence-corrected chi connectivity index (χ4v) is 4.54. The van der Waals surface area contributed by atoms with Gasteiger partial charge in [-0.15, -0.1) is 0 Å². The molecule has 0 aromatic heterocycles. The Kier molecular flexibility index (Phi) is 6.00. The highest BCUT2D eigenvalue weighted by molar-refractivity contribution is 7.99. The van der Waals surface area contributed by atoms with Gasteiger partial charge in [-0.05, 0) is 24.3 Å². The quantitative estimate of drug-likeness (QED) is 0.509. The number of Topliss-reactive ketones (excluding diaryl/α,β-unsaturated/α-hetero) is 1. The summed E-state index contributed by atoms with van der Waals surface area (Å²) in [6.07, 6.45) is 0. The summed E-state index contributed by atoms with van der Waals surface area (Å²) in [5.74, 6) is 0.293. The number of carbonyl (C=O) groups is 1. The highest BCUT2D eigenvalue weighted by atomic mass is 79.9. The molecule has 3 fully saturated rings. The number of fused-ring (bicyclic) bond motifs is 3. The van der Waals surface area contributed by atoms with Gasteiger partial charge in [-0.3, -0.25) is 9.69 Å². The van der Waals surface area contributed by atoms with E-state index < -0.39 is 0 Å². The van der Waals surface area contributed by atoms with Gasteiger partial charge in [0, 0.05) is 35.0 Å². The van der Waals surface area contributed by atoms with Crippen LogP contribution in [0.25, 0.3) is 0 Å². The van der Waals surface area contributed by atoms with Crippen molar-refractivity contribution in [3.8, 4) is 0 Å². The second kappa shape index (κ2) is 8.04. The predicted molar refractivity (Wildman–Crippen MR) is 97.5 cm³/mol. The Morgan fingerprint density at radius 3 is 2.04 bits per heavy atom. The molecule has 2 bridgehead atoms. The number of hydrogen-bond acceptors (Lipinski definition) is 3. The zero-order chi connectivity index (χ0) is 16.4. The standard InChI is InChI=1S/C20H23N2OS.BrH/c23-20(16-22-13-10-21(11-14-22)12-15-22)17-6-8-19(9-7-17)24-18-4-2-1-3-5-18;/h1-9H,10-16H2;1H/q+1;/p-1. The van der Waals surface area contributed by atoms with Gasteiger partial charge in [0.1, 0.15) is 6.54 Å². The highest BCUT2D eigenvalue weighted by Crippen LogP contribution is 2.28. The van der Waals surface area contributed by atoms with Crippen molar-refractivity contribution in [1.82, 2.24) is 4.90 Å². The van der Waals surface area contributed by atoms with E-state index in [9.17, 15) is 4.79 Å². The lowest BCUT2D eigenvalue weighted by atomic mass is 10.1. The lowest BCUT2D eigenvalue weighted by molar-refractivity contribution is -0.933. The molecule has 3 saturated heterocycles. The number of hydrogen-bond donors (Lipinski definition) is 0. The number of benzene rings is 2. The van der Waals surface area contributed by atoms with E-state index >= 15 is 0 Å². The number of nitrogens with zero attached hydrogens (tertiary/aromatic N) is 2. The van der Waals surface area contributed by atoms with E-state index in [1.165, 1.54) is 9.79 Å². The average molecular weight is 419 g/mol. The van der Waals surface area contributed by atoms with Crippen molar-refractivity contribution in [1.29, 1.82) is 0 Å². The summed E-state index contributed by atoms with van der Waals surface area (Å²) in [4.78, 5) is 17.6. The summed E-state index contributed by atoms with van der Waals surface area (Å²) in [7, 11) is 0. The van der Waals surface area contributed by atoms with Gasteiger partial charge in [-0.2, -0.15) is 0 Å². The predicted octanol–water partition coefficient (Wildman–Crippen LogP) is 0.171. The zero-order valence-electron chi connectivity index (χ0n) is 14.2. The minimum absolute atomic E-state index is 0. The van der Waals surface area contributed by atoms with Gasteiger partial charge >= 0.3 is 0 Å². The highest BCUT2D eigenvalue weighted by Gasteiger charge is 2.39. The molecule has 0 spiro atoms. The first-order chi connectivity index (χ1) is 11.7. The topological polar surface area (TPSA) is 20.3 Å². The van der Waals surface area contributed by atoms with Crippen molar-refractivity contribution in [2.24, 2.45) is 0 Å². The van der Waals surface area contributed by atoms with E-state index in [0.717, 1.165) is 49.3 Å². The molecule has 0 unspecified atom stereocenters. The Morgan fingerprint density at radius 2 is 1.44 bits per heavy atom. The third-order valence-electron chi connectivity index (χ3n) is 5.31. The van der Waals surface area contributed by atoms with Crippen molar-refractivity contribution in [3.63, 3.8) is 0 Å². The summed E-state index contributed by atoms with van der Waals surface area (Å²) in [5, 5.41) is 0. The number of halogens is 1. The molecule has 0 amide bonds. The number of quaternary nitrogens is 1. The lowest BCUT2D eigenvalue weighted by Gasteiger charge is -2.50. The van der Waals surface area contributed by atoms with Crippen molar-refractivity contribution in [2.45, 2.75) is 9.79 Å². The zero-order valence-corrected chi connectivity index (χ0v) is 16.6. The van der Waals surface area contributed by atoms with Crippen LogP contribution in [-0.4, -0.2) is 61.0 Å². The van der Waals surface area contributed by atoms with Crippen LogP contribution in [0.3, 0.4) is 0 Å². The molecule has 0 aliphatic carbocycles. The van der Waals surface area contributed by atoms with Crippen LogP contribution >= 0.6 is 11.8 Å². The number of rotatable bonds is 5. The van der Waals surface area contributed by atoms with Gasteiger partial charge in [0.15, 0.2) is 0 Å². The van der Waals surface area contributed by atoms with Gasteiger partial charge in [-0.1, -0.05) is 42.1 Å². The minimum atomic E-state index is 0. The first-order valence-electron chi connectivity index (χ1n) is 8.66. The van der Waals surface area contributed by atoms with Gasteiger partial charge in [0.05, 0.1) is 19.6 Å². The molecule has 3 aliphatic rings. The van der Waals surface area contributed by atoms with Crippen LogP contribution in [0.2, 0.25) is 0 Å². The van der Waals surface area contributed by atoms with Crippen LogP contribution in [0.4, 0.5) is 0 Å². The van der Waals surface area contributed by atoms with Crippen LogP contribution < -0.4 is 17.0 Å². The van der Waals surface area contributed by atoms with Crippen LogP contribution in [-0.2, 0) is 0 Å². The second-order valence-electron chi connectivity index (χ2n) is 6.87. The second-order valence-corrected chi connectivity index (χ2v) is 8.02. The van der Waals surface area contributed by atoms with Crippen molar-refractivity contribution >= 4 is 17.5 Å². The fraction of sp³-hybridized carbons (Fsp3) is 0.350. The lowest BCUT2D eigenvalue weighted by Crippen LogP contribution is -3.00. The normalized spacial score (nSPS) is 24.6. The third-order valence-corrected chi connectivity index (χ3v) is 6.32. The molecule has 3 heterocycles. The van der Waals surface area contributed by atoms with E-state index in [2.05, 4.69) is 29.2 Å². The Balaban J connectivity index is 0.00000182. The third kappa shape index (κ3) is 4.34. The van der Waals surface area contributed by atoms with Crippen molar-refractivity contribution in [2.75, 3.05) is 45.8 Å². The Labute approximate surface area is 164 Å². The average Bonchev–Trinajstić information content (AvgIpc) is 2.64. The first kappa shape index (κ1) is 18.6. The van der Waals surface area contributed by atoms with Gasteiger partial charge < -0.3 is 21.5 Å². The van der Waals surface area contributed by atoms with E-state index in [4.69, 9.17) is 0 Å². The molecule has 25 heavy (non-hydrogen) atoms. The maximum absolute atomic E-state index is 12.7. The summed E-state index contributed by atoms with van der Waals surface area (Å²) in [6.45, 7) is 7.52. The van der Waals surface area contributed by atoms with Gasteiger partial charge in [0.25, 0.3) is 0 Å². The Morgan fingerprint density at radius 1 is 0.880 bits per heavy atom. The van der Waals surface area contributed by atoms with Crippen LogP contribution in [0, 0.1) is 0 Å². The fourth-order valence-electron chi connectivity index (χ4n) is 3.70. The molecule has 3 aliphatic heterocycles. The SMILES string of the molecule is O=C(C[N+]12CCN(CC1)CC2)c1ccc(Sc2ccccc2)cc1.[Br-]. The smallest absolute Gasteiger partial charge is 0.216 e. The minimum Gasteiger partial charge on any atom is -1.00 e. The number of ketones is 1. The molecule has 132 valence electrons. The first-order valence-corrected chi connectivity index (χ1v) is 9.48. The van der Waals surface area contributed by atoms with Crippen LogP contribution in [0.5, 0.6) is 0 Å². The Hall–Kier alpha value is -1.14. The molecule has 5 rings (SSSR count). The molecular formula is C20H23BrN2OS. The summed E-state index contributed by atoms with van der Waals surface area (Å²) >= 11 is 1.73. The summed E-state index contributed by atoms with van der Waals surface area (Å²) in [6, 6.07) is 18.5. The van der Waals surface area contributed by atoms with E-state index in [1.54, 1.807) is 11.8 Å². The van der Waals surface area contributed by atoms with Crippen LogP contribution in [0.1, 0.15) is 10.4 Å². The van der Waals surface area contributed by atoms with E-state index in [0.29, 0.717) is 12.3 Å². The summed E-state index contributed by atoms with van der Waals surface area (Å²) < 4.78 is 0.996. The Bertz CT molecular complexity index is 698. The van der Waals surface area contributed by atoms with Gasteiger partial charge in [0.2, 0.25) is 5.78 Å². The number of piperazine rings is 3. The number of carbonyl (C=O) groups excluding carboxylic acids is 1. The van der Waals surface area contributed by atoms with E-state index in [1.807, 2.05) is 30.3 Å². The van der Waals surface area contributed by atoms with Crippen LogP contribution in [0.15, 0.2) is 64.4 Å². The molecule has 0 radical (unpaired) electrons. The molecule has 2 aromatic carbocycles. The molecule has 0 atom stereocenters. The molecule has 3 nitrogen and oxygen atoms in total. The maximum atomic E-state index is 12.7. The monoisotopic (exact) mass is 418 g/mol. The molecule has 0 N–H and O–H groups in total. The molecule has 0 saturated carbocycles. The van der Waals surface area contributed by atoms with Crippen molar-refractivity contribution in [3.05, 3.63) is 60.2 Å². The van der Waals surface area contributed by atoms with E-state index in [-0.39, 0.29) is 17.0 Å². The maximum Gasteiger partial charge on any atom is 0.216 e. The largest absolute Gasteiger partial charge is 1.00 e.